The van der Waals surface area contributed by atoms with Crippen LogP contribution in [0.4, 0.5) is 4.79 Å². The quantitative estimate of drug-likeness (QED) is 0.755. The number of hydrogen-bond donors (Lipinski definition) is 1. The molecular weight excluding hydrogens is 182 g/mol. The van der Waals surface area contributed by atoms with Crippen molar-refractivity contribution in [1.29, 1.82) is 0 Å². The van der Waals surface area contributed by atoms with Gasteiger partial charge >= 0.3 is 6.09 Å². The highest BCUT2D eigenvalue weighted by Gasteiger charge is 2.36. The van der Waals surface area contributed by atoms with E-state index in [9.17, 15) is 4.79 Å². The van der Waals surface area contributed by atoms with Gasteiger partial charge in [-0.05, 0) is 33.6 Å². The first-order valence-corrected chi connectivity index (χ1v) is 5.16. The molecule has 14 heavy (non-hydrogen) atoms. The minimum absolute atomic E-state index is 0.0101. The van der Waals surface area contributed by atoms with Gasteiger partial charge in [-0.1, -0.05) is 0 Å². The number of carbonyl (C=O) groups is 1. The van der Waals surface area contributed by atoms with Crippen molar-refractivity contribution in [2.24, 2.45) is 0 Å². The lowest BCUT2D eigenvalue weighted by Crippen LogP contribution is -2.48. The predicted molar refractivity (Wildman–Crippen MR) is 53.2 cm³/mol. The highest BCUT2D eigenvalue weighted by atomic mass is 16.5. The molecule has 1 amide bonds. The van der Waals surface area contributed by atoms with Crippen LogP contribution in [0.1, 0.15) is 33.6 Å². The number of nitrogens with one attached hydrogen (secondary N) is 1. The Morgan fingerprint density at radius 2 is 2.43 bits per heavy atom. The van der Waals surface area contributed by atoms with Gasteiger partial charge in [0, 0.05) is 6.61 Å². The molecule has 0 aliphatic carbocycles. The highest BCUT2D eigenvalue weighted by Crippen LogP contribution is 2.28. The fourth-order valence-corrected chi connectivity index (χ4v) is 1.64. The first kappa shape index (κ1) is 11.3. The zero-order valence-electron chi connectivity index (χ0n) is 9.13. The third-order valence-electron chi connectivity index (χ3n) is 2.78. The lowest BCUT2D eigenvalue weighted by atomic mass is 9.95. The number of alkyl carbamates (subject to hydrolysis) is 1. The van der Waals surface area contributed by atoms with Gasteiger partial charge in [0.2, 0.25) is 0 Å². The standard InChI is InChI=1S/C10H19NO3/c1-4-13-9(12)11-8(2)10(3)6-5-7-14-10/h8H,4-7H2,1-3H3,(H,11,12). The normalized spacial score (nSPS) is 28.5. The monoisotopic (exact) mass is 201 g/mol. The molecule has 1 rings (SSSR count). The molecule has 0 aromatic rings. The van der Waals surface area contributed by atoms with Crippen LogP contribution in [0.25, 0.3) is 0 Å². The van der Waals surface area contributed by atoms with E-state index in [2.05, 4.69) is 5.32 Å². The van der Waals surface area contributed by atoms with Crippen molar-refractivity contribution < 1.29 is 14.3 Å². The van der Waals surface area contributed by atoms with Crippen LogP contribution >= 0.6 is 0 Å². The van der Waals surface area contributed by atoms with E-state index in [1.807, 2.05) is 13.8 Å². The number of hydrogen-bond acceptors (Lipinski definition) is 3. The van der Waals surface area contributed by atoms with Crippen molar-refractivity contribution in [2.75, 3.05) is 13.2 Å². The van der Waals surface area contributed by atoms with Gasteiger partial charge in [-0.15, -0.1) is 0 Å². The molecule has 4 heteroatoms. The molecule has 2 unspecified atom stereocenters. The third-order valence-corrected chi connectivity index (χ3v) is 2.78. The molecule has 1 fully saturated rings. The van der Waals surface area contributed by atoms with Crippen molar-refractivity contribution in [3.63, 3.8) is 0 Å². The first-order valence-electron chi connectivity index (χ1n) is 5.16. The number of ether oxygens (including phenoxy) is 2. The zero-order chi connectivity index (χ0) is 10.6. The number of rotatable bonds is 3. The SMILES string of the molecule is CCOC(=O)NC(C)C1(C)CCCO1. The molecule has 0 radical (unpaired) electrons. The Kier molecular flexibility index (Phi) is 3.75. The second kappa shape index (κ2) is 4.64. The largest absolute Gasteiger partial charge is 0.450 e. The summed E-state index contributed by atoms with van der Waals surface area (Å²) < 4.78 is 10.4. The summed E-state index contributed by atoms with van der Waals surface area (Å²) in [6.45, 7) is 6.94. The molecule has 1 N–H and O–H groups in total. The van der Waals surface area contributed by atoms with Crippen LogP contribution in [0.15, 0.2) is 0 Å². The summed E-state index contributed by atoms with van der Waals surface area (Å²) in [7, 11) is 0. The molecule has 0 saturated carbocycles. The van der Waals surface area contributed by atoms with E-state index >= 15 is 0 Å². The van der Waals surface area contributed by atoms with Crippen LogP contribution in [0, 0.1) is 0 Å². The molecule has 0 aromatic heterocycles. The van der Waals surface area contributed by atoms with Gasteiger partial charge in [-0.25, -0.2) is 4.79 Å². The lowest BCUT2D eigenvalue weighted by Gasteiger charge is -2.30. The molecule has 2 atom stereocenters. The van der Waals surface area contributed by atoms with E-state index in [0.29, 0.717) is 6.61 Å². The maximum atomic E-state index is 11.2. The smallest absolute Gasteiger partial charge is 0.407 e. The van der Waals surface area contributed by atoms with Gasteiger partial charge < -0.3 is 14.8 Å². The van der Waals surface area contributed by atoms with Crippen LogP contribution in [0.5, 0.6) is 0 Å². The van der Waals surface area contributed by atoms with Crippen molar-refractivity contribution >= 4 is 6.09 Å². The Balaban J connectivity index is 2.40. The Labute approximate surface area is 85.0 Å². The van der Waals surface area contributed by atoms with Gasteiger partial charge in [0.15, 0.2) is 0 Å². The van der Waals surface area contributed by atoms with Crippen LogP contribution in [-0.4, -0.2) is 30.9 Å². The van der Waals surface area contributed by atoms with Gasteiger partial charge in [0.25, 0.3) is 0 Å². The molecule has 1 aliphatic heterocycles. The molecule has 1 aliphatic rings. The lowest BCUT2D eigenvalue weighted by molar-refractivity contribution is -0.00663. The summed E-state index contributed by atoms with van der Waals surface area (Å²) in [6.07, 6.45) is 1.68. The summed E-state index contributed by atoms with van der Waals surface area (Å²) in [5.41, 5.74) is -0.229. The molecule has 1 saturated heterocycles. The molecule has 82 valence electrons. The van der Waals surface area contributed by atoms with Crippen LogP contribution in [0.3, 0.4) is 0 Å². The minimum Gasteiger partial charge on any atom is -0.450 e. The van der Waals surface area contributed by atoms with E-state index in [1.54, 1.807) is 6.92 Å². The van der Waals surface area contributed by atoms with Gasteiger partial charge in [0.05, 0.1) is 18.2 Å². The molecule has 0 aromatic carbocycles. The Bertz CT molecular complexity index is 200. The van der Waals surface area contributed by atoms with Crippen LogP contribution < -0.4 is 5.32 Å². The highest BCUT2D eigenvalue weighted by molar-refractivity contribution is 5.67. The van der Waals surface area contributed by atoms with E-state index in [0.717, 1.165) is 19.4 Å². The van der Waals surface area contributed by atoms with Crippen molar-refractivity contribution in [3.8, 4) is 0 Å². The molecule has 4 nitrogen and oxygen atoms in total. The fraction of sp³-hybridized carbons (Fsp3) is 0.900. The zero-order valence-corrected chi connectivity index (χ0v) is 9.13. The van der Waals surface area contributed by atoms with E-state index < -0.39 is 0 Å². The van der Waals surface area contributed by atoms with Gasteiger partial charge in [-0.3, -0.25) is 0 Å². The summed E-state index contributed by atoms with van der Waals surface area (Å²) in [5, 5.41) is 2.78. The summed E-state index contributed by atoms with van der Waals surface area (Å²) in [5.74, 6) is 0. The fourth-order valence-electron chi connectivity index (χ4n) is 1.64. The molecule has 0 bridgehead atoms. The van der Waals surface area contributed by atoms with E-state index in [-0.39, 0.29) is 17.7 Å². The maximum absolute atomic E-state index is 11.2. The molecule has 1 heterocycles. The second-order valence-corrected chi connectivity index (χ2v) is 3.85. The Hall–Kier alpha value is -0.770. The van der Waals surface area contributed by atoms with Crippen molar-refractivity contribution in [3.05, 3.63) is 0 Å². The predicted octanol–water partition coefficient (Wildman–Crippen LogP) is 1.69. The van der Waals surface area contributed by atoms with E-state index in [4.69, 9.17) is 9.47 Å². The van der Waals surface area contributed by atoms with Gasteiger partial charge in [-0.2, -0.15) is 0 Å². The average molecular weight is 201 g/mol. The summed E-state index contributed by atoms with van der Waals surface area (Å²) in [4.78, 5) is 11.2. The summed E-state index contributed by atoms with van der Waals surface area (Å²) >= 11 is 0. The number of amides is 1. The van der Waals surface area contributed by atoms with Crippen LogP contribution in [-0.2, 0) is 9.47 Å². The summed E-state index contributed by atoms with van der Waals surface area (Å²) in [6, 6.07) is -0.0101. The minimum atomic E-state index is -0.364. The van der Waals surface area contributed by atoms with Crippen molar-refractivity contribution in [1.82, 2.24) is 5.32 Å². The third kappa shape index (κ3) is 2.61. The molecular formula is C10H19NO3. The Morgan fingerprint density at radius 1 is 1.71 bits per heavy atom. The van der Waals surface area contributed by atoms with Crippen molar-refractivity contribution in [2.45, 2.75) is 45.3 Å². The molecule has 0 spiro atoms. The topological polar surface area (TPSA) is 47.6 Å². The number of carbonyl (C=O) groups excluding carboxylic acids is 1. The van der Waals surface area contributed by atoms with Gasteiger partial charge in [0.1, 0.15) is 0 Å². The Morgan fingerprint density at radius 3 is 2.93 bits per heavy atom. The van der Waals surface area contributed by atoms with Crippen LogP contribution in [0.2, 0.25) is 0 Å². The second-order valence-electron chi connectivity index (χ2n) is 3.85. The van der Waals surface area contributed by atoms with E-state index in [1.165, 1.54) is 0 Å². The first-order chi connectivity index (χ1) is 6.58. The maximum Gasteiger partial charge on any atom is 0.407 e. The average Bonchev–Trinajstić information content (AvgIpc) is 2.54.